The summed E-state index contributed by atoms with van der Waals surface area (Å²) >= 11 is 0. The monoisotopic (exact) mass is 827 g/mol. The van der Waals surface area contributed by atoms with E-state index in [1.54, 1.807) is 33.5 Å². The molecule has 10 heteroatoms. The molecule has 0 aliphatic carbocycles. The van der Waals surface area contributed by atoms with Crippen LogP contribution >= 0.6 is 0 Å². The molecule has 0 unspecified atom stereocenters. The van der Waals surface area contributed by atoms with Crippen molar-refractivity contribution in [2.24, 2.45) is 6.98 Å². The zero-order chi connectivity index (χ0) is 35.7. The maximum absolute atomic E-state index is 14.6. The summed E-state index contributed by atoms with van der Waals surface area (Å²) in [7, 11) is 0. The maximum Gasteiger partial charge on any atom is 2.00 e. The van der Waals surface area contributed by atoms with Gasteiger partial charge < -0.3 is 18.3 Å². The van der Waals surface area contributed by atoms with Gasteiger partial charge >= 0.3 is 32.4 Å². The Bertz CT molecular complexity index is 2720. The number of aryl methyl sites for hydroxylation is 1. The van der Waals surface area contributed by atoms with Crippen LogP contribution in [-0.2, 0) is 33.5 Å². The van der Waals surface area contributed by atoms with Crippen molar-refractivity contribution in [3.8, 4) is 34.3 Å². The normalized spacial score (nSPS) is 12.8. The fourth-order valence-corrected chi connectivity index (χ4v) is 6.10. The summed E-state index contributed by atoms with van der Waals surface area (Å²) in [6, 6.07) is 36.1. The van der Waals surface area contributed by atoms with Gasteiger partial charge in [0.2, 0.25) is 0 Å². The van der Waals surface area contributed by atoms with Crippen LogP contribution in [0.5, 0.6) is 0 Å². The Hall–Kier alpha value is -5.53. The van der Waals surface area contributed by atoms with Gasteiger partial charge in [-0.15, -0.1) is 42.0 Å². The Balaban J connectivity index is 0.00000420. The van der Waals surface area contributed by atoms with Gasteiger partial charge in [-0.25, -0.2) is 14.6 Å². The predicted molar refractivity (Wildman–Crippen MR) is 188 cm³/mol. The van der Waals surface area contributed by atoms with Crippen LogP contribution in [0, 0.1) is 12.1 Å². The van der Waals surface area contributed by atoms with Gasteiger partial charge in [0.1, 0.15) is 5.82 Å². The Morgan fingerprint density at radius 2 is 1.31 bits per heavy atom. The van der Waals surface area contributed by atoms with Crippen LogP contribution in [0.25, 0.3) is 56.3 Å². The molecule has 8 aromatic rings. The van der Waals surface area contributed by atoms with E-state index in [1.807, 2.05) is 78.9 Å². The summed E-state index contributed by atoms with van der Waals surface area (Å²) in [5.41, 5.74) is 3.86. The van der Waals surface area contributed by atoms with Crippen LogP contribution in [0.3, 0.4) is 0 Å². The number of hydrogen-bond acceptors (Lipinski definition) is 4. The van der Waals surface area contributed by atoms with Gasteiger partial charge in [0.15, 0.2) is 0 Å². The number of nitrogens with zero attached hydrogens (tertiary/aromatic N) is 7. The Kier molecular flexibility index (Phi) is 7.07. The van der Waals surface area contributed by atoms with E-state index in [4.69, 9.17) is 4.11 Å². The fourth-order valence-electron chi connectivity index (χ4n) is 6.10. The molecular weight excluding hydrogens is 794 g/mol. The molecule has 49 heavy (non-hydrogen) atoms. The summed E-state index contributed by atoms with van der Waals surface area (Å²) < 4.78 is 31.2. The summed E-state index contributed by atoms with van der Waals surface area (Å²) in [6.45, 7) is 3.82. The third-order valence-corrected chi connectivity index (χ3v) is 8.46. The number of hydrogen-bond donors (Lipinski definition) is 0. The van der Waals surface area contributed by atoms with Crippen molar-refractivity contribution >= 4 is 22.1 Å². The molecule has 0 saturated heterocycles. The Morgan fingerprint density at radius 3 is 1.94 bits per heavy atom. The predicted octanol–water partition coefficient (Wildman–Crippen LogP) is 6.57. The first kappa shape index (κ1) is 28.5. The number of imidazole rings is 3. The molecule has 244 valence electrons. The molecule has 0 radical (unpaired) electrons. The third-order valence-electron chi connectivity index (χ3n) is 8.46. The van der Waals surface area contributed by atoms with Crippen molar-refractivity contribution in [3.63, 3.8) is 0 Å². The standard InChI is InChI=1S/C39H31N7O2.Pt/c1-39(2,3)27-18-19-40-35(23-27)46-34-25-32-31(24-33(34)44(38(46)48)29-15-9-6-10-16-29)43(28-13-7-5-8-14-28)37(47)45(32)30-17-11-12-26(22-30)36-41-20-21-42(36)4;/h5-21,23-24H,1-4H3;/q-2;+2/i4D3;. The van der Waals surface area contributed by atoms with Gasteiger partial charge in [0, 0.05) is 41.1 Å². The minimum atomic E-state index is -2.47. The van der Waals surface area contributed by atoms with Gasteiger partial charge in [-0.05, 0) is 75.1 Å². The quantitative estimate of drug-likeness (QED) is 0.184. The van der Waals surface area contributed by atoms with Crippen molar-refractivity contribution in [2.45, 2.75) is 26.2 Å². The number of fused-ring (bicyclic) bond motifs is 2. The summed E-state index contributed by atoms with van der Waals surface area (Å²) in [6.07, 6.45) is 4.50. The first-order chi connectivity index (χ1) is 24.4. The second-order valence-electron chi connectivity index (χ2n) is 12.5. The maximum atomic E-state index is 14.6. The zero-order valence-electron chi connectivity index (χ0n) is 29.7. The summed E-state index contributed by atoms with van der Waals surface area (Å²) in [4.78, 5) is 38.1. The molecule has 4 heterocycles. The van der Waals surface area contributed by atoms with E-state index in [0.717, 1.165) is 10.1 Å². The number of benzene rings is 4. The molecule has 0 atom stereocenters. The topological polar surface area (TPSA) is 84.6 Å². The fraction of sp³-hybridized carbons (Fsp3) is 0.128. The SMILES string of the molecule is [2H]C([2H])([2H])n1ccnc1-c1[c-]c(-n2c(=O)n(-c3ccccc3)c3cc4c([c-]c32)n(-c2cc(C(C)(C)C)ccn2)c(=O)n4-c2ccccc2)ccc1.[Pt+2]. The van der Waals surface area contributed by atoms with Crippen LogP contribution in [-0.4, -0.2) is 32.8 Å². The first-order valence-corrected chi connectivity index (χ1v) is 15.4. The molecule has 0 amide bonds. The molecular formula is C39H31N7O2Pt. The average molecular weight is 828 g/mol. The minimum absolute atomic E-state index is 0. The molecule has 8 rings (SSSR count). The Labute approximate surface area is 300 Å². The first-order valence-electron chi connectivity index (χ1n) is 16.9. The molecule has 9 nitrogen and oxygen atoms in total. The van der Waals surface area contributed by atoms with Crippen LogP contribution in [0.1, 0.15) is 30.4 Å². The van der Waals surface area contributed by atoms with E-state index >= 15 is 0 Å². The van der Waals surface area contributed by atoms with Gasteiger partial charge in [0.05, 0.1) is 5.82 Å². The summed E-state index contributed by atoms with van der Waals surface area (Å²) in [5, 5.41) is 0. The third kappa shape index (κ3) is 5.31. The largest absolute Gasteiger partial charge is 2.00 e. The van der Waals surface area contributed by atoms with Crippen molar-refractivity contribution < 1.29 is 25.2 Å². The van der Waals surface area contributed by atoms with Crippen LogP contribution in [0.4, 0.5) is 0 Å². The second kappa shape index (κ2) is 12.2. The van der Waals surface area contributed by atoms with E-state index in [2.05, 4.69) is 42.9 Å². The zero-order valence-corrected chi connectivity index (χ0v) is 29.0. The number of rotatable bonds is 5. The van der Waals surface area contributed by atoms with Gasteiger partial charge in [-0.1, -0.05) is 57.2 Å². The van der Waals surface area contributed by atoms with E-state index in [-0.39, 0.29) is 38.0 Å². The molecule has 0 bridgehead atoms. The molecule has 0 aliphatic heterocycles. The smallest absolute Gasteiger partial charge is 0.373 e. The molecule has 4 aromatic carbocycles. The van der Waals surface area contributed by atoms with Crippen molar-refractivity contribution in [2.75, 3.05) is 0 Å². The van der Waals surface area contributed by atoms with E-state index in [9.17, 15) is 9.59 Å². The summed E-state index contributed by atoms with van der Waals surface area (Å²) in [5.74, 6) is 0.603. The van der Waals surface area contributed by atoms with Gasteiger partial charge in [-0.3, -0.25) is 9.55 Å². The molecule has 0 fully saturated rings. The minimum Gasteiger partial charge on any atom is -0.373 e. The number of pyridine rings is 1. The van der Waals surface area contributed by atoms with Gasteiger partial charge in [-0.2, -0.15) is 0 Å². The van der Waals surface area contributed by atoms with Crippen LogP contribution < -0.4 is 11.4 Å². The van der Waals surface area contributed by atoms with E-state index in [0.29, 0.717) is 50.5 Å². The van der Waals surface area contributed by atoms with Crippen LogP contribution in [0.2, 0.25) is 0 Å². The van der Waals surface area contributed by atoms with Gasteiger partial charge in [0.25, 0.3) is 0 Å². The molecule has 0 saturated carbocycles. The number of aromatic nitrogens is 7. The van der Waals surface area contributed by atoms with Crippen molar-refractivity contribution in [1.29, 1.82) is 0 Å². The van der Waals surface area contributed by atoms with E-state index < -0.39 is 12.7 Å². The Morgan fingerprint density at radius 1 is 0.673 bits per heavy atom. The van der Waals surface area contributed by atoms with Crippen LogP contribution in [0.15, 0.2) is 125 Å². The molecule has 4 aromatic heterocycles. The molecule has 0 N–H and O–H groups in total. The molecule has 0 spiro atoms. The molecule has 0 aliphatic rings. The number of para-hydroxylation sites is 2. The van der Waals surface area contributed by atoms with E-state index in [1.165, 1.54) is 21.5 Å². The second-order valence-corrected chi connectivity index (χ2v) is 12.5. The van der Waals surface area contributed by atoms with Crippen molar-refractivity contribution in [3.05, 3.63) is 154 Å². The average Bonchev–Trinajstić information content (AvgIpc) is 3.80. The van der Waals surface area contributed by atoms with Crippen molar-refractivity contribution in [1.82, 2.24) is 32.8 Å².